The third kappa shape index (κ3) is 15.1. The summed E-state index contributed by atoms with van der Waals surface area (Å²) in [4.78, 5) is -1.99. The highest BCUT2D eigenvalue weighted by atomic mass is 32.3. The van der Waals surface area contributed by atoms with Crippen molar-refractivity contribution in [2.24, 2.45) is 20.5 Å². The van der Waals surface area contributed by atoms with Gasteiger partial charge in [0.2, 0.25) is 0 Å². The highest BCUT2D eigenvalue weighted by molar-refractivity contribution is 7.92. The quantitative estimate of drug-likeness (QED) is 0.0320. The van der Waals surface area contributed by atoms with E-state index in [0.29, 0.717) is 6.07 Å². The first-order valence-corrected chi connectivity index (χ1v) is 28.8. The predicted octanol–water partition coefficient (Wildman–Crippen LogP) is 3.12. The van der Waals surface area contributed by atoms with Gasteiger partial charge in [-0.2, -0.15) is 42.1 Å². The summed E-state index contributed by atoms with van der Waals surface area (Å²) in [5.74, 6) is -4.90. The van der Waals surface area contributed by atoms with Gasteiger partial charge in [0.1, 0.15) is 45.0 Å². The Morgan fingerprint density at radius 3 is 1.82 bits per heavy atom. The molecule has 68 heavy (non-hydrogen) atoms. The summed E-state index contributed by atoms with van der Waals surface area (Å²) in [5.41, 5.74) is -2.81. The number of nitrogens with one attached hydrogen (secondary N) is 1. The largest absolute Gasteiger partial charge is 0.505 e. The molecule has 4 aromatic rings. The Bertz CT molecular complexity index is 3440. The van der Waals surface area contributed by atoms with Crippen LogP contribution in [-0.2, 0) is 97.5 Å². The number of hydrogen-bond acceptors (Lipinski definition) is 26. The second-order valence-corrected chi connectivity index (χ2v) is 24.7. The fourth-order valence-electron chi connectivity index (χ4n) is 5.53. The molecule has 0 bridgehead atoms. The van der Waals surface area contributed by atoms with Gasteiger partial charge in [-0.05, 0) is 61.0 Å². The number of azo groups is 2. The lowest BCUT2D eigenvalue weighted by molar-refractivity contribution is 0.255. The number of benzene rings is 4. The van der Waals surface area contributed by atoms with Gasteiger partial charge in [0.05, 0.1) is 68.6 Å². The van der Waals surface area contributed by atoms with E-state index in [4.69, 9.17) is 9.29 Å². The van der Waals surface area contributed by atoms with E-state index in [1.54, 1.807) is 0 Å². The molecule has 4 N–H and O–H groups in total. The lowest BCUT2D eigenvalue weighted by atomic mass is 10.0. The molecule has 4 aromatic carbocycles. The molecule has 0 saturated heterocycles. The first-order valence-electron chi connectivity index (χ1n) is 18.2. The number of rotatable bonds is 25. The Balaban J connectivity index is 1.94. The summed E-state index contributed by atoms with van der Waals surface area (Å²) in [7, 11) is -28.7. The van der Waals surface area contributed by atoms with E-state index in [1.165, 1.54) is 7.11 Å². The molecule has 0 aromatic heterocycles. The maximum atomic E-state index is 13.1. The fraction of sp³-hybridized carbons (Fsp3) is 0.333. The molecule has 0 amide bonds. The van der Waals surface area contributed by atoms with Gasteiger partial charge in [-0.15, -0.1) is 20.5 Å². The number of phenols is 1. The minimum atomic E-state index is -5.01. The Morgan fingerprint density at radius 1 is 0.603 bits per heavy atom. The zero-order chi connectivity index (χ0) is 51.1. The normalized spacial score (nSPS) is 13.4. The Hall–Kier alpha value is -4.89. The Labute approximate surface area is 390 Å². The molecule has 0 spiro atoms. The van der Waals surface area contributed by atoms with Gasteiger partial charge in [-0.1, -0.05) is 0 Å². The van der Waals surface area contributed by atoms with Gasteiger partial charge in [-0.3, -0.25) is 21.7 Å². The number of ether oxygens (including phenoxy) is 1. The van der Waals surface area contributed by atoms with Crippen LogP contribution in [-0.4, -0.2) is 132 Å². The Kier molecular flexibility index (Phi) is 17.9. The molecule has 28 nitrogen and oxygen atoms in total. The van der Waals surface area contributed by atoms with Crippen molar-refractivity contribution in [2.45, 2.75) is 26.9 Å². The van der Waals surface area contributed by atoms with Crippen molar-refractivity contribution in [1.82, 2.24) is 0 Å². The highest BCUT2D eigenvalue weighted by Gasteiger charge is 2.26. The second kappa shape index (κ2) is 21.8. The molecule has 35 heteroatoms. The van der Waals surface area contributed by atoms with E-state index in [2.05, 4.69) is 46.7 Å². The summed E-state index contributed by atoms with van der Waals surface area (Å²) in [5, 5.41) is 29.5. The average molecular weight is 1100 g/mol. The molecule has 4 rings (SSSR count). The minimum Gasteiger partial charge on any atom is -0.505 e. The summed E-state index contributed by atoms with van der Waals surface area (Å²) >= 11 is 0. The standard InChI is InChI=1S/C33H39N5O23S7/c1-56-29-11-7-22(62(40,41)14-5-12-60-67(51,52)53)17-28(29)36-37-31-21(19-64(44,45)46)16-25-24(33(31)39)8-10-27(34-20-65(47,48)57-2)32(25)38-35-26-9-6-23(18-30(26)66(49,50)58-3)63(42,43)15-13-61-68(54,55)59-4/h6-11,16-18,34,39H,5,12-15,19-20H2,1-4H3,(H,44,45,46)(H,51,52,53). The van der Waals surface area contributed by atoms with Gasteiger partial charge in [0.25, 0.3) is 30.4 Å². The monoisotopic (exact) mass is 1100 g/mol. The number of hydrogen-bond donors (Lipinski definition) is 4. The summed E-state index contributed by atoms with van der Waals surface area (Å²) < 4.78 is 218. The average Bonchev–Trinajstić information content (AvgIpc) is 3.25. The molecule has 0 atom stereocenters. The van der Waals surface area contributed by atoms with Crippen molar-refractivity contribution in [3.05, 3.63) is 60.2 Å². The lowest BCUT2D eigenvalue weighted by Crippen LogP contribution is -2.17. The first-order chi connectivity index (χ1) is 31.4. The molecule has 0 aliphatic carbocycles. The van der Waals surface area contributed by atoms with Gasteiger partial charge in [-0.25, -0.2) is 25.2 Å². The molecule has 0 aliphatic rings. The third-order valence-corrected chi connectivity index (χ3v) is 16.5. The van der Waals surface area contributed by atoms with Crippen LogP contribution in [0.15, 0.2) is 89.7 Å². The van der Waals surface area contributed by atoms with Crippen LogP contribution < -0.4 is 10.1 Å². The van der Waals surface area contributed by atoms with Crippen LogP contribution in [0.2, 0.25) is 0 Å². The number of nitrogens with zero attached hydrogens (tertiary/aromatic N) is 4. The van der Waals surface area contributed by atoms with Gasteiger partial charge in [0, 0.05) is 16.3 Å². The van der Waals surface area contributed by atoms with E-state index < -0.39 is 150 Å². The summed E-state index contributed by atoms with van der Waals surface area (Å²) in [6, 6.07) is 8.85. The number of anilines is 1. The first kappa shape index (κ1) is 55.7. The molecule has 0 unspecified atom stereocenters. The third-order valence-electron chi connectivity index (χ3n) is 8.73. The van der Waals surface area contributed by atoms with E-state index in [1.807, 2.05) is 0 Å². The Morgan fingerprint density at radius 2 is 1.22 bits per heavy atom. The number of fused-ring (bicyclic) bond motifs is 1. The number of phenolic OH excluding ortho intramolecular Hbond substituents is 1. The van der Waals surface area contributed by atoms with Crippen LogP contribution in [0, 0.1) is 0 Å². The molecular formula is C33H39N5O23S7. The van der Waals surface area contributed by atoms with Crippen LogP contribution in [0.4, 0.5) is 28.4 Å². The van der Waals surface area contributed by atoms with Crippen molar-refractivity contribution in [1.29, 1.82) is 0 Å². The molecule has 0 saturated carbocycles. The van der Waals surface area contributed by atoms with E-state index in [0.717, 1.165) is 69.9 Å². The maximum Gasteiger partial charge on any atom is 0.399 e. The van der Waals surface area contributed by atoms with Crippen LogP contribution in [0.25, 0.3) is 10.8 Å². The zero-order valence-electron chi connectivity index (χ0n) is 35.3. The van der Waals surface area contributed by atoms with E-state index in [9.17, 15) is 68.6 Å². The summed E-state index contributed by atoms with van der Waals surface area (Å²) in [6.07, 6.45) is -0.385. The maximum absolute atomic E-state index is 13.1. The SMILES string of the molecule is COc1ccc(S(=O)(=O)CCCOS(=O)(=O)O)cc1N=Nc1c(CS(=O)(=O)O)cc2c(N=Nc3ccc(S(=O)(=O)CCOS(=O)(=O)OC)cc3S(=O)(=O)OC)c(NCS(=O)(=O)OC)ccc2c1O. The van der Waals surface area contributed by atoms with Crippen molar-refractivity contribution in [2.75, 3.05) is 64.4 Å². The highest BCUT2D eigenvalue weighted by Crippen LogP contribution is 2.46. The topological polar surface area (TPSA) is 417 Å². The van der Waals surface area contributed by atoms with Gasteiger partial charge in [0.15, 0.2) is 25.4 Å². The summed E-state index contributed by atoms with van der Waals surface area (Å²) in [6.45, 7) is -1.63. The van der Waals surface area contributed by atoms with Crippen molar-refractivity contribution in [3.8, 4) is 11.5 Å². The number of methoxy groups -OCH3 is 1. The van der Waals surface area contributed by atoms with Crippen molar-refractivity contribution < 1.29 is 98.8 Å². The smallest absolute Gasteiger partial charge is 0.399 e. The number of sulfone groups is 2. The lowest BCUT2D eigenvalue weighted by Gasteiger charge is -2.15. The van der Waals surface area contributed by atoms with Crippen molar-refractivity contribution >= 4 is 110 Å². The van der Waals surface area contributed by atoms with Crippen LogP contribution in [0.3, 0.4) is 0 Å². The van der Waals surface area contributed by atoms with Crippen LogP contribution in [0.1, 0.15) is 12.0 Å². The predicted molar refractivity (Wildman–Crippen MR) is 235 cm³/mol. The molecule has 0 fully saturated rings. The van der Waals surface area contributed by atoms with E-state index in [-0.39, 0.29) is 34.3 Å². The zero-order valence-corrected chi connectivity index (χ0v) is 41.0. The minimum absolute atomic E-state index is 0.101. The molecule has 0 heterocycles. The van der Waals surface area contributed by atoms with Gasteiger partial charge < -0.3 is 15.2 Å². The molecular weight excluding hydrogens is 1060 g/mol. The van der Waals surface area contributed by atoms with Crippen LogP contribution >= 0.6 is 0 Å². The fourth-order valence-corrected chi connectivity index (χ4v) is 10.7. The van der Waals surface area contributed by atoms with Gasteiger partial charge >= 0.3 is 20.8 Å². The van der Waals surface area contributed by atoms with Crippen LogP contribution in [0.5, 0.6) is 11.5 Å². The second-order valence-electron chi connectivity index (χ2n) is 13.2. The molecule has 376 valence electrons. The van der Waals surface area contributed by atoms with E-state index >= 15 is 0 Å². The molecule has 0 radical (unpaired) electrons. The number of aromatic hydroxyl groups is 1. The van der Waals surface area contributed by atoms with Crippen molar-refractivity contribution in [3.63, 3.8) is 0 Å². The molecule has 0 aliphatic heterocycles.